The van der Waals surface area contributed by atoms with Crippen molar-refractivity contribution in [3.05, 3.63) is 40.4 Å². The summed E-state index contributed by atoms with van der Waals surface area (Å²) in [6.07, 6.45) is 3.14. The van der Waals surface area contributed by atoms with Crippen molar-refractivity contribution in [2.45, 2.75) is 13.0 Å². The molecule has 0 bridgehead atoms. The Labute approximate surface area is 120 Å². The van der Waals surface area contributed by atoms with Crippen molar-refractivity contribution < 1.29 is 9.53 Å². The fourth-order valence-corrected chi connectivity index (χ4v) is 2.82. The normalized spacial score (nSPS) is 19.1. The Morgan fingerprint density at radius 1 is 1.45 bits per heavy atom. The molecular weight excluding hydrogens is 276 g/mol. The Kier molecular flexibility index (Phi) is 3.70. The lowest BCUT2D eigenvalue weighted by Crippen LogP contribution is -2.44. The van der Waals surface area contributed by atoms with Gasteiger partial charge in [-0.05, 0) is 13.0 Å². The standard InChI is InChI=1S/C13H14N4O2S/c1-9-16-10(8-20-9)11-7-19-6-5-17(11)13(18)12-14-3-2-4-15-12/h2-4,8,11H,5-7H2,1H3. The highest BCUT2D eigenvalue weighted by atomic mass is 32.1. The first-order valence-corrected chi connectivity index (χ1v) is 7.21. The van der Waals surface area contributed by atoms with Crippen LogP contribution in [0, 0.1) is 6.92 Å². The van der Waals surface area contributed by atoms with Crippen LogP contribution in [-0.2, 0) is 4.74 Å². The molecule has 0 spiro atoms. The summed E-state index contributed by atoms with van der Waals surface area (Å²) >= 11 is 1.57. The molecule has 3 heterocycles. The Balaban J connectivity index is 1.87. The average Bonchev–Trinajstić information content (AvgIpc) is 2.94. The van der Waals surface area contributed by atoms with Crippen LogP contribution >= 0.6 is 11.3 Å². The van der Waals surface area contributed by atoms with Crippen LogP contribution < -0.4 is 0 Å². The van der Waals surface area contributed by atoms with Gasteiger partial charge in [0.25, 0.3) is 5.91 Å². The van der Waals surface area contributed by atoms with Gasteiger partial charge in [-0.25, -0.2) is 15.0 Å². The number of carbonyl (C=O) groups excluding carboxylic acids is 1. The summed E-state index contributed by atoms with van der Waals surface area (Å²) in [4.78, 5) is 26.8. The van der Waals surface area contributed by atoms with Crippen LogP contribution in [0.1, 0.15) is 27.4 Å². The topological polar surface area (TPSA) is 68.2 Å². The minimum absolute atomic E-state index is 0.162. The van der Waals surface area contributed by atoms with E-state index in [4.69, 9.17) is 4.74 Å². The van der Waals surface area contributed by atoms with Gasteiger partial charge in [-0.1, -0.05) is 0 Å². The summed E-state index contributed by atoms with van der Waals surface area (Å²) in [5.74, 6) is 0.0379. The minimum Gasteiger partial charge on any atom is -0.377 e. The molecule has 2 aromatic heterocycles. The number of carbonyl (C=O) groups is 1. The van der Waals surface area contributed by atoms with Crippen molar-refractivity contribution in [3.63, 3.8) is 0 Å². The Hall–Kier alpha value is -1.86. The van der Waals surface area contributed by atoms with Crippen molar-refractivity contribution in [1.29, 1.82) is 0 Å². The van der Waals surface area contributed by atoms with E-state index < -0.39 is 0 Å². The van der Waals surface area contributed by atoms with E-state index in [9.17, 15) is 4.79 Å². The van der Waals surface area contributed by atoms with Crippen LogP contribution in [0.2, 0.25) is 0 Å². The molecule has 2 aromatic rings. The van der Waals surface area contributed by atoms with Crippen molar-refractivity contribution in [3.8, 4) is 0 Å². The fourth-order valence-electron chi connectivity index (χ4n) is 2.16. The number of amides is 1. The Bertz CT molecular complexity index is 601. The van der Waals surface area contributed by atoms with E-state index >= 15 is 0 Å². The van der Waals surface area contributed by atoms with Gasteiger partial charge in [-0.2, -0.15) is 0 Å². The lowest BCUT2D eigenvalue weighted by molar-refractivity contribution is -0.00440. The minimum atomic E-state index is -0.176. The first kappa shape index (κ1) is 13.1. The molecule has 104 valence electrons. The van der Waals surface area contributed by atoms with Gasteiger partial charge in [0.05, 0.1) is 30.0 Å². The highest BCUT2D eigenvalue weighted by Gasteiger charge is 2.31. The highest BCUT2D eigenvalue weighted by molar-refractivity contribution is 7.09. The third-order valence-electron chi connectivity index (χ3n) is 3.12. The van der Waals surface area contributed by atoms with Crippen molar-refractivity contribution in [1.82, 2.24) is 19.9 Å². The molecule has 0 N–H and O–H groups in total. The van der Waals surface area contributed by atoms with E-state index in [-0.39, 0.29) is 17.8 Å². The second-order valence-electron chi connectivity index (χ2n) is 4.45. The largest absolute Gasteiger partial charge is 0.377 e. The van der Waals surface area contributed by atoms with Gasteiger partial charge >= 0.3 is 0 Å². The quantitative estimate of drug-likeness (QED) is 0.837. The second-order valence-corrected chi connectivity index (χ2v) is 5.52. The third kappa shape index (κ3) is 2.54. The van der Waals surface area contributed by atoms with Crippen molar-refractivity contribution in [2.75, 3.05) is 19.8 Å². The summed E-state index contributed by atoms with van der Waals surface area (Å²) in [7, 11) is 0. The number of hydrogen-bond donors (Lipinski definition) is 0. The summed E-state index contributed by atoms with van der Waals surface area (Å²) in [5, 5.41) is 2.95. The SMILES string of the molecule is Cc1nc(C2COCCN2C(=O)c2ncccn2)cs1. The van der Waals surface area contributed by atoms with Crippen LogP contribution in [-0.4, -0.2) is 45.5 Å². The van der Waals surface area contributed by atoms with Gasteiger partial charge in [0, 0.05) is 24.3 Å². The van der Waals surface area contributed by atoms with Gasteiger partial charge in [0.2, 0.25) is 5.82 Å². The maximum Gasteiger partial charge on any atom is 0.292 e. The monoisotopic (exact) mass is 290 g/mol. The third-order valence-corrected chi connectivity index (χ3v) is 3.92. The molecule has 1 aliphatic rings. The summed E-state index contributed by atoms with van der Waals surface area (Å²) < 4.78 is 5.49. The second kappa shape index (κ2) is 5.64. The van der Waals surface area contributed by atoms with Gasteiger partial charge < -0.3 is 9.64 Å². The predicted octanol–water partition coefficient (Wildman–Crippen LogP) is 1.46. The number of nitrogens with zero attached hydrogens (tertiary/aromatic N) is 4. The van der Waals surface area contributed by atoms with E-state index in [2.05, 4.69) is 15.0 Å². The zero-order chi connectivity index (χ0) is 13.9. The van der Waals surface area contributed by atoms with Gasteiger partial charge in [-0.15, -0.1) is 11.3 Å². The van der Waals surface area contributed by atoms with E-state index in [0.717, 1.165) is 10.7 Å². The molecule has 7 heteroatoms. The molecule has 1 fully saturated rings. The lowest BCUT2D eigenvalue weighted by atomic mass is 10.1. The maximum absolute atomic E-state index is 12.5. The lowest BCUT2D eigenvalue weighted by Gasteiger charge is -2.34. The zero-order valence-electron chi connectivity index (χ0n) is 11.0. The molecule has 1 atom stereocenters. The Morgan fingerprint density at radius 3 is 2.95 bits per heavy atom. The highest BCUT2D eigenvalue weighted by Crippen LogP contribution is 2.26. The molecule has 3 rings (SSSR count). The summed E-state index contributed by atoms with van der Waals surface area (Å²) in [5.41, 5.74) is 0.872. The van der Waals surface area contributed by atoms with Crippen LogP contribution in [0.3, 0.4) is 0 Å². The molecule has 0 saturated carbocycles. The van der Waals surface area contributed by atoms with Crippen LogP contribution in [0.4, 0.5) is 0 Å². The van der Waals surface area contributed by atoms with E-state index in [1.165, 1.54) is 0 Å². The number of ether oxygens (including phenoxy) is 1. The fraction of sp³-hybridized carbons (Fsp3) is 0.385. The van der Waals surface area contributed by atoms with E-state index in [0.29, 0.717) is 19.8 Å². The van der Waals surface area contributed by atoms with Crippen LogP contribution in [0.25, 0.3) is 0 Å². The summed E-state index contributed by atoms with van der Waals surface area (Å²) in [6.45, 7) is 3.46. The maximum atomic E-state index is 12.5. The van der Waals surface area contributed by atoms with E-state index in [1.54, 1.807) is 34.7 Å². The predicted molar refractivity (Wildman–Crippen MR) is 73.5 cm³/mol. The average molecular weight is 290 g/mol. The van der Waals surface area contributed by atoms with Crippen molar-refractivity contribution >= 4 is 17.2 Å². The zero-order valence-corrected chi connectivity index (χ0v) is 11.8. The summed E-state index contributed by atoms with van der Waals surface area (Å²) in [6, 6.07) is 1.53. The number of thiazole rings is 1. The van der Waals surface area contributed by atoms with E-state index in [1.807, 2.05) is 12.3 Å². The number of aryl methyl sites for hydroxylation is 1. The smallest absolute Gasteiger partial charge is 0.292 e. The van der Waals surface area contributed by atoms with Crippen molar-refractivity contribution in [2.24, 2.45) is 0 Å². The molecule has 0 aromatic carbocycles. The molecule has 1 unspecified atom stereocenters. The first-order valence-electron chi connectivity index (χ1n) is 6.33. The van der Waals surface area contributed by atoms with Gasteiger partial charge in [0.1, 0.15) is 0 Å². The molecule has 1 aliphatic heterocycles. The molecule has 1 saturated heterocycles. The molecular formula is C13H14N4O2S. The number of hydrogen-bond acceptors (Lipinski definition) is 6. The first-order chi connectivity index (χ1) is 9.75. The molecule has 0 radical (unpaired) electrons. The number of morpholine rings is 1. The van der Waals surface area contributed by atoms with Crippen LogP contribution in [0.5, 0.6) is 0 Å². The van der Waals surface area contributed by atoms with Gasteiger partial charge in [0.15, 0.2) is 0 Å². The molecule has 0 aliphatic carbocycles. The Morgan fingerprint density at radius 2 is 2.25 bits per heavy atom. The molecule has 20 heavy (non-hydrogen) atoms. The van der Waals surface area contributed by atoms with Gasteiger partial charge in [-0.3, -0.25) is 4.79 Å². The number of aromatic nitrogens is 3. The number of rotatable bonds is 2. The molecule has 6 nitrogen and oxygen atoms in total. The molecule has 1 amide bonds. The van der Waals surface area contributed by atoms with Crippen LogP contribution in [0.15, 0.2) is 23.8 Å².